The largest absolute Gasteiger partial charge is 0.371 e. The molecule has 1 N–H and O–H groups in total. The van der Waals surface area contributed by atoms with Crippen molar-refractivity contribution >= 4 is 0 Å². The fourth-order valence-corrected chi connectivity index (χ4v) is 1.62. The molecule has 4 nitrogen and oxygen atoms in total. The zero-order valence-electron chi connectivity index (χ0n) is 9.50. The standard InChI is InChI=1S/C11H17N3O/c1-11(2,15-3)10-13-7-8-6-12-5-4-9(8)14-10/h7,12H,4-6H2,1-3H3. The Bertz CT molecular complexity index is 363. The first-order valence-corrected chi connectivity index (χ1v) is 5.24. The van der Waals surface area contributed by atoms with E-state index in [4.69, 9.17) is 4.74 Å². The molecule has 0 fully saturated rings. The molecule has 0 atom stereocenters. The van der Waals surface area contributed by atoms with Crippen LogP contribution < -0.4 is 5.32 Å². The van der Waals surface area contributed by atoms with Gasteiger partial charge in [0.05, 0.1) is 0 Å². The van der Waals surface area contributed by atoms with E-state index < -0.39 is 5.60 Å². The summed E-state index contributed by atoms with van der Waals surface area (Å²) in [5.41, 5.74) is 1.96. The van der Waals surface area contributed by atoms with Gasteiger partial charge in [-0.2, -0.15) is 0 Å². The van der Waals surface area contributed by atoms with Crippen LogP contribution in [-0.2, 0) is 23.3 Å². The maximum Gasteiger partial charge on any atom is 0.159 e. The van der Waals surface area contributed by atoms with Gasteiger partial charge >= 0.3 is 0 Å². The lowest BCUT2D eigenvalue weighted by atomic mass is 10.1. The van der Waals surface area contributed by atoms with Crippen LogP contribution in [0.1, 0.15) is 30.9 Å². The predicted octanol–water partition coefficient (Wildman–Crippen LogP) is 1.00. The van der Waals surface area contributed by atoms with Crippen molar-refractivity contribution in [1.82, 2.24) is 15.3 Å². The zero-order chi connectivity index (χ0) is 10.9. The Balaban J connectivity index is 2.36. The molecular weight excluding hydrogens is 190 g/mol. The number of rotatable bonds is 2. The Labute approximate surface area is 90.1 Å². The predicted molar refractivity (Wildman–Crippen MR) is 57.5 cm³/mol. The van der Waals surface area contributed by atoms with Gasteiger partial charge in [-0.1, -0.05) is 0 Å². The van der Waals surface area contributed by atoms with Gasteiger partial charge in [0, 0.05) is 44.1 Å². The minimum Gasteiger partial charge on any atom is -0.371 e. The minimum atomic E-state index is -0.403. The molecule has 0 aliphatic carbocycles. The number of hydrogen-bond acceptors (Lipinski definition) is 4. The molecular formula is C11H17N3O. The average molecular weight is 207 g/mol. The summed E-state index contributed by atoms with van der Waals surface area (Å²) in [4.78, 5) is 8.94. The second-order valence-corrected chi connectivity index (χ2v) is 4.31. The van der Waals surface area contributed by atoms with E-state index in [9.17, 15) is 0 Å². The lowest BCUT2D eigenvalue weighted by Crippen LogP contribution is -2.28. The van der Waals surface area contributed by atoms with Crippen molar-refractivity contribution in [2.75, 3.05) is 13.7 Å². The molecule has 82 valence electrons. The monoisotopic (exact) mass is 207 g/mol. The van der Waals surface area contributed by atoms with Crippen LogP contribution in [0.5, 0.6) is 0 Å². The number of hydrogen-bond donors (Lipinski definition) is 1. The van der Waals surface area contributed by atoms with E-state index in [0.29, 0.717) is 0 Å². The van der Waals surface area contributed by atoms with Crippen LogP contribution in [0.15, 0.2) is 6.20 Å². The lowest BCUT2D eigenvalue weighted by molar-refractivity contribution is 0.0112. The van der Waals surface area contributed by atoms with Gasteiger partial charge < -0.3 is 10.1 Å². The Hall–Kier alpha value is -1.00. The van der Waals surface area contributed by atoms with Crippen LogP contribution in [0.3, 0.4) is 0 Å². The Morgan fingerprint density at radius 2 is 2.27 bits per heavy atom. The second kappa shape index (κ2) is 3.87. The Kier molecular flexibility index (Phi) is 2.71. The molecule has 15 heavy (non-hydrogen) atoms. The molecule has 4 heteroatoms. The number of nitrogens with one attached hydrogen (secondary N) is 1. The van der Waals surface area contributed by atoms with Crippen molar-refractivity contribution in [2.24, 2.45) is 0 Å². The number of aromatic nitrogens is 2. The first kappa shape index (κ1) is 10.5. The van der Waals surface area contributed by atoms with Crippen molar-refractivity contribution in [3.63, 3.8) is 0 Å². The highest BCUT2D eigenvalue weighted by Crippen LogP contribution is 2.21. The molecule has 1 aromatic heterocycles. The zero-order valence-corrected chi connectivity index (χ0v) is 9.50. The number of methoxy groups -OCH3 is 1. The quantitative estimate of drug-likeness (QED) is 0.786. The molecule has 0 spiro atoms. The third kappa shape index (κ3) is 2.01. The van der Waals surface area contributed by atoms with Crippen LogP contribution in [0.2, 0.25) is 0 Å². The minimum absolute atomic E-state index is 0.403. The summed E-state index contributed by atoms with van der Waals surface area (Å²) in [6.45, 7) is 5.84. The third-order valence-electron chi connectivity index (χ3n) is 2.86. The third-order valence-corrected chi connectivity index (χ3v) is 2.86. The molecule has 0 saturated carbocycles. The van der Waals surface area contributed by atoms with Gasteiger partial charge in [-0.05, 0) is 13.8 Å². The number of nitrogens with zero attached hydrogens (tertiary/aromatic N) is 2. The van der Waals surface area contributed by atoms with Crippen molar-refractivity contribution in [3.05, 3.63) is 23.3 Å². The fraction of sp³-hybridized carbons (Fsp3) is 0.636. The van der Waals surface area contributed by atoms with Gasteiger partial charge in [0.1, 0.15) is 5.60 Å². The van der Waals surface area contributed by atoms with Crippen LogP contribution >= 0.6 is 0 Å². The highest BCUT2D eigenvalue weighted by atomic mass is 16.5. The maximum absolute atomic E-state index is 5.37. The smallest absolute Gasteiger partial charge is 0.159 e. The molecule has 1 aliphatic heterocycles. The molecule has 0 unspecified atom stereocenters. The summed E-state index contributed by atoms with van der Waals surface area (Å²) in [6, 6.07) is 0. The Morgan fingerprint density at radius 3 is 3.00 bits per heavy atom. The fourth-order valence-electron chi connectivity index (χ4n) is 1.62. The average Bonchev–Trinajstić information content (AvgIpc) is 2.28. The molecule has 1 aliphatic rings. The maximum atomic E-state index is 5.37. The van der Waals surface area contributed by atoms with Gasteiger partial charge in [0.15, 0.2) is 5.82 Å². The van der Waals surface area contributed by atoms with E-state index in [1.165, 1.54) is 5.56 Å². The highest BCUT2D eigenvalue weighted by molar-refractivity contribution is 5.21. The summed E-state index contributed by atoms with van der Waals surface area (Å²) in [6.07, 6.45) is 2.88. The second-order valence-electron chi connectivity index (χ2n) is 4.31. The molecule has 2 heterocycles. The van der Waals surface area contributed by atoms with Gasteiger partial charge in [0.2, 0.25) is 0 Å². The van der Waals surface area contributed by atoms with E-state index in [2.05, 4.69) is 15.3 Å². The lowest BCUT2D eigenvalue weighted by Gasteiger charge is -2.23. The summed E-state index contributed by atoms with van der Waals surface area (Å²) < 4.78 is 5.37. The van der Waals surface area contributed by atoms with E-state index in [0.717, 1.165) is 31.0 Å². The topological polar surface area (TPSA) is 47.0 Å². The summed E-state index contributed by atoms with van der Waals surface area (Å²) >= 11 is 0. The van der Waals surface area contributed by atoms with Crippen LogP contribution in [0.4, 0.5) is 0 Å². The SMILES string of the molecule is COC(C)(C)c1ncc2c(n1)CCNC2. The van der Waals surface area contributed by atoms with E-state index in [1.54, 1.807) is 7.11 Å². The molecule has 0 aromatic carbocycles. The molecule has 0 amide bonds. The van der Waals surface area contributed by atoms with Gasteiger partial charge in [-0.15, -0.1) is 0 Å². The van der Waals surface area contributed by atoms with E-state index in [-0.39, 0.29) is 0 Å². The first-order valence-electron chi connectivity index (χ1n) is 5.24. The molecule has 0 saturated heterocycles. The van der Waals surface area contributed by atoms with Gasteiger partial charge in [-0.3, -0.25) is 0 Å². The molecule has 0 radical (unpaired) electrons. The molecule has 2 rings (SSSR count). The van der Waals surface area contributed by atoms with Crippen molar-refractivity contribution < 1.29 is 4.74 Å². The van der Waals surface area contributed by atoms with Crippen molar-refractivity contribution in [2.45, 2.75) is 32.4 Å². The summed E-state index contributed by atoms with van der Waals surface area (Å²) in [5.74, 6) is 0.769. The van der Waals surface area contributed by atoms with Crippen LogP contribution in [-0.4, -0.2) is 23.6 Å². The van der Waals surface area contributed by atoms with Crippen LogP contribution in [0, 0.1) is 0 Å². The molecule has 0 bridgehead atoms. The summed E-state index contributed by atoms with van der Waals surface area (Å²) in [7, 11) is 1.68. The molecule has 1 aromatic rings. The van der Waals surface area contributed by atoms with Gasteiger partial charge in [-0.25, -0.2) is 9.97 Å². The van der Waals surface area contributed by atoms with Crippen molar-refractivity contribution in [3.8, 4) is 0 Å². The first-order chi connectivity index (χ1) is 7.13. The normalized spacial score (nSPS) is 16.2. The summed E-state index contributed by atoms with van der Waals surface area (Å²) in [5, 5.41) is 3.30. The van der Waals surface area contributed by atoms with Crippen LogP contribution in [0.25, 0.3) is 0 Å². The highest BCUT2D eigenvalue weighted by Gasteiger charge is 2.24. The Morgan fingerprint density at radius 1 is 1.47 bits per heavy atom. The number of ether oxygens (including phenoxy) is 1. The van der Waals surface area contributed by atoms with E-state index in [1.807, 2.05) is 20.0 Å². The number of fused-ring (bicyclic) bond motifs is 1. The van der Waals surface area contributed by atoms with Crippen molar-refractivity contribution in [1.29, 1.82) is 0 Å². The van der Waals surface area contributed by atoms with E-state index >= 15 is 0 Å². The van der Waals surface area contributed by atoms with Gasteiger partial charge in [0.25, 0.3) is 0 Å².